The molecule has 2 heterocycles. The van der Waals surface area contributed by atoms with Gasteiger partial charge in [0.05, 0.1) is 23.7 Å². The molecule has 0 amide bonds. The maximum atomic E-state index is 12.7. The summed E-state index contributed by atoms with van der Waals surface area (Å²) in [6.45, 7) is 5.66. The quantitative estimate of drug-likeness (QED) is 0.541. The molecule has 7 nitrogen and oxygen atoms in total. The first-order chi connectivity index (χ1) is 13.3. The van der Waals surface area contributed by atoms with Gasteiger partial charge in [-0.25, -0.2) is 0 Å². The molecule has 0 aliphatic heterocycles. The molecule has 7 heteroatoms. The molecule has 0 radical (unpaired) electrons. The van der Waals surface area contributed by atoms with Gasteiger partial charge in [0.1, 0.15) is 17.2 Å². The van der Waals surface area contributed by atoms with Crippen LogP contribution in [0.15, 0.2) is 46.0 Å². The van der Waals surface area contributed by atoms with E-state index in [4.69, 9.17) is 4.74 Å². The molecule has 0 unspecified atom stereocenters. The number of rotatable bonds is 5. The van der Waals surface area contributed by atoms with Gasteiger partial charge in [0.15, 0.2) is 0 Å². The lowest BCUT2D eigenvalue weighted by Crippen LogP contribution is -2.24. The summed E-state index contributed by atoms with van der Waals surface area (Å²) in [5.41, 5.74) is 0.431. The van der Waals surface area contributed by atoms with Crippen molar-refractivity contribution in [2.75, 3.05) is 6.61 Å². The SMILES string of the molecule is CCOc1ccc(C(c2c(O)cc(C)[nH]c2=O)c2c(O)cc(C)[nH]c2=O)cc1. The second-order valence-corrected chi connectivity index (χ2v) is 6.60. The van der Waals surface area contributed by atoms with Crippen LogP contribution in [0.2, 0.25) is 0 Å². The van der Waals surface area contributed by atoms with Gasteiger partial charge in [0, 0.05) is 11.4 Å². The minimum atomic E-state index is -0.968. The molecule has 0 aliphatic rings. The lowest BCUT2D eigenvalue weighted by Gasteiger charge is -2.20. The highest BCUT2D eigenvalue weighted by Gasteiger charge is 2.29. The topological polar surface area (TPSA) is 115 Å². The van der Waals surface area contributed by atoms with Crippen molar-refractivity contribution in [2.45, 2.75) is 26.7 Å². The molecule has 0 spiro atoms. The third-order valence-corrected chi connectivity index (χ3v) is 4.47. The Bertz CT molecular complexity index is 1050. The third-order valence-electron chi connectivity index (χ3n) is 4.47. The van der Waals surface area contributed by atoms with Crippen LogP contribution in [0.25, 0.3) is 0 Å². The highest BCUT2D eigenvalue weighted by Crippen LogP contribution is 2.37. The van der Waals surface area contributed by atoms with Crippen molar-refractivity contribution in [3.63, 3.8) is 0 Å². The van der Waals surface area contributed by atoms with E-state index in [2.05, 4.69) is 9.97 Å². The van der Waals surface area contributed by atoms with Crippen LogP contribution in [0.4, 0.5) is 0 Å². The number of hydrogen-bond acceptors (Lipinski definition) is 5. The van der Waals surface area contributed by atoms with Gasteiger partial charge in [-0.2, -0.15) is 0 Å². The van der Waals surface area contributed by atoms with Gasteiger partial charge in [0.2, 0.25) is 0 Å². The zero-order valence-electron chi connectivity index (χ0n) is 15.9. The molecule has 146 valence electrons. The average molecular weight is 382 g/mol. The van der Waals surface area contributed by atoms with Crippen LogP contribution in [0.3, 0.4) is 0 Å². The van der Waals surface area contributed by atoms with E-state index in [1.54, 1.807) is 38.1 Å². The first-order valence-electron chi connectivity index (χ1n) is 8.90. The van der Waals surface area contributed by atoms with E-state index in [0.717, 1.165) is 0 Å². The van der Waals surface area contributed by atoms with Crippen LogP contribution in [-0.4, -0.2) is 26.8 Å². The van der Waals surface area contributed by atoms with Gasteiger partial charge < -0.3 is 24.9 Å². The summed E-state index contributed by atoms with van der Waals surface area (Å²) in [6, 6.07) is 9.66. The fraction of sp³-hybridized carbons (Fsp3) is 0.238. The van der Waals surface area contributed by atoms with E-state index in [0.29, 0.717) is 29.3 Å². The Kier molecular flexibility index (Phi) is 5.26. The van der Waals surface area contributed by atoms with Crippen molar-refractivity contribution in [1.29, 1.82) is 0 Å². The minimum Gasteiger partial charge on any atom is -0.507 e. The largest absolute Gasteiger partial charge is 0.507 e. The summed E-state index contributed by atoms with van der Waals surface area (Å²) < 4.78 is 5.44. The molecule has 1 aromatic carbocycles. The Hall–Kier alpha value is -3.48. The van der Waals surface area contributed by atoms with Gasteiger partial charge in [-0.05, 0) is 50.6 Å². The first-order valence-corrected chi connectivity index (χ1v) is 8.90. The molecule has 0 saturated heterocycles. The van der Waals surface area contributed by atoms with Gasteiger partial charge in [-0.1, -0.05) is 12.1 Å². The molecule has 0 saturated carbocycles. The number of ether oxygens (including phenoxy) is 1. The van der Waals surface area contributed by atoms with E-state index in [1.165, 1.54) is 12.1 Å². The number of aromatic amines is 2. The van der Waals surface area contributed by atoms with Crippen molar-refractivity contribution in [1.82, 2.24) is 9.97 Å². The fourth-order valence-corrected chi connectivity index (χ4v) is 3.32. The van der Waals surface area contributed by atoms with E-state index in [1.807, 2.05) is 6.92 Å². The van der Waals surface area contributed by atoms with Crippen LogP contribution >= 0.6 is 0 Å². The highest BCUT2D eigenvalue weighted by atomic mass is 16.5. The van der Waals surface area contributed by atoms with Crippen LogP contribution in [0, 0.1) is 13.8 Å². The number of H-pyrrole nitrogens is 2. The lowest BCUT2D eigenvalue weighted by molar-refractivity contribution is 0.340. The van der Waals surface area contributed by atoms with Crippen LogP contribution in [0.1, 0.15) is 40.9 Å². The predicted molar refractivity (Wildman–Crippen MR) is 105 cm³/mol. The average Bonchev–Trinajstić information content (AvgIpc) is 2.60. The predicted octanol–water partition coefficient (Wildman–Crippen LogP) is 2.67. The van der Waals surface area contributed by atoms with Gasteiger partial charge in [-0.15, -0.1) is 0 Å². The minimum absolute atomic E-state index is 0.0144. The summed E-state index contributed by atoms with van der Waals surface area (Å²) in [4.78, 5) is 30.6. The molecule has 4 N–H and O–H groups in total. The molecule has 28 heavy (non-hydrogen) atoms. The fourth-order valence-electron chi connectivity index (χ4n) is 3.32. The zero-order valence-corrected chi connectivity index (χ0v) is 15.9. The van der Waals surface area contributed by atoms with Crippen molar-refractivity contribution in [3.05, 3.63) is 85.2 Å². The number of pyridine rings is 2. The molecule has 0 bridgehead atoms. The molecule has 2 aromatic heterocycles. The van der Waals surface area contributed by atoms with Crippen molar-refractivity contribution in [2.24, 2.45) is 0 Å². The van der Waals surface area contributed by atoms with E-state index in [9.17, 15) is 19.8 Å². The van der Waals surface area contributed by atoms with Gasteiger partial charge in [-0.3, -0.25) is 9.59 Å². The van der Waals surface area contributed by atoms with Crippen molar-refractivity contribution >= 4 is 0 Å². The number of nitrogens with one attached hydrogen (secondary N) is 2. The maximum absolute atomic E-state index is 12.7. The Morgan fingerprint density at radius 1 is 0.893 bits per heavy atom. The Morgan fingerprint density at radius 2 is 1.36 bits per heavy atom. The summed E-state index contributed by atoms with van der Waals surface area (Å²) in [6.07, 6.45) is 0. The molecular weight excluding hydrogens is 360 g/mol. The molecule has 3 rings (SSSR count). The Balaban J connectivity index is 2.30. The second kappa shape index (κ2) is 7.64. The number of aromatic hydroxyl groups is 2. The Morgan fingerprint density at radius 3 is 1.75 bits per heavy atom. The second-order valence-electron chi connectivity index (χ2n) is 6.60. The third kappa shape index (κ3) is 3.64. The van der Waals surface area contributed by atoms with E-state index >= 15 is 0 Å². The number of hydrogen-bond donors (Lipinski definition) is 4. The lowest BCUT2D eigenvalue weighted by atomic mass is 9.85. The normalized spacial score (nSPS) is 11.0. The molecule has 3 aromatic rings. The molecule has 0 atom stereocenters. The maximum Gasteiger partial charge on any atom is 0.256 e. The summed E-state index contributed by atoms with van der Waals surface area (Å²) in [7, 11) is 0. The number of aryl methyl sites for hydroxylation is 2. The Labute approximate surface area is 161 Å². The van der Waals surface area contributed by atoms with Gasteiger partial charge in [0.25, 0.3) is 11.1 Å². The molecular formula is C21H22N2O5. The highest BCUT2D eigenvalue weighted by molar-refractivity contribution is 5.52. The first kappa shape index (κ1) is 19.3. The smallest absolute Gasteiger partial charge is 0.256 e. The van der Waals surface area contributed by atoms with E-state index in [-0.39, 0.29) is 22.6 Å². The summed E-state index contributed by atoms with van der Waals surface area (Å²) in [5.74, 6) is -0.836. The molecule has 0 fully saturated rings. The monoisotopic (exact) mass is 382 g/mol. The summed E-state index contributed by atoms with van der Waals surface area (Å²) in [5, 5.41) is 21.0. The van der Waals surface area contributed by atoms with Crippen molar-refractivity contribution < 1.29 is 14.9 Å². The van der Waals surface area contributed by atoms with Crippen LogP contribution in [0.5, 0.6) is 17.2 Å². The molecule has 0 aliphatic carbocycles. The van der Waals surface area contributed by atoms with E-state index < -0.39 is 17.0 Å². The number of aromatic nitrogens is 2. The van der Waals surface area contributed by atoms with Crippen LogP contribution < -0.4 is 15.9 Å². The van der Waals surface area contributed by atoms with Crippen LogP contribution in [-0.2, 0) is 0 Å². The zero-order chi connectivity index (χ0) is 20.4. The van der Waals surface area contributed by atoms with Crippen molar-refractivity contribution in [3.8, 4) is 17.2 Å². The van der Waals surface area contributed by atoms with Gasteiger partial charge >= 0.3 is 0 Å². The standard InChI is InChI=1S/C21H22N2O5/c1-4-28-14-7-5-13(6-8-14)17(18-15(24)9-11(2)22-20(18)26)19-16(25)10-12(3)23-21(19)27/h5-10,17H,4H2,1-3H3,(H2,22,24,26)(H2,23,25,27). The summed E-state index contributed by atoms with van der Waals surface area (Å²) >= 11 is 0. The number of benzene rings is 1.